The van der Waals surface area contributed by atoms with Gasteiger partial charge in [-0.1, -0.05) is 0 Å². The predicted molar refractivity (Wildman–Crippen MR) is 55.5 cm³/mol. The van der Waals surface area contributed by atoms with Crippen LogP contribution in [0.25, 0.3) is 0 Å². The summed E-state index contributed by atoms with van der Waals surface area (Å²) in [6.45, 7) is 4.84. The number of ether oxygens (including phenoxy) is 2. The molecule has 1 N–H and O–H groups in total. The molecule has 0 aliphatic carbocycles. The molecule has 0 aromatic heterocycles. The average molecular weight is 213 g/mol. The topological polar surface area (TPSA) is 47.6 Å². The van der Waals surface area contributed by atoms with Crippen molar-refractivity contribution in [2.45, 2.75) is 31.8 Å². The zero-order chi connectivity index (χ0) is 10.7. The molecule has 1 atom stereocenters. The molecule has 0 aromatic rings. The van der Waals surface area contributed by atoms with Crippen LogP contribution in [-0.4, -0.2) is 37.9 Å². The van der Waals surface area contributed by atoms with E-state index >= 15 is 0 Å². The van der Waals surface area contributed by atoms with Gasteiger partial charge >= 0.3 is 5.97 Å². The first-order valence-electron chi connectivity index (χ1n) is 5.77. The van der Waals surface area contributed by atoms with Crippen molar-refractivity contribution in [3.63, 3.8) is 0 Å². The molecule has 2 heterocycles. The van der Waals surface area contributed by atoms with E-state index < -0.39 is 0 Å². The Morgan fingerprint density at radius 1 is 1.53 bits per heavy atom. The quantitative estimate of drug-likeness (QED) is 0.686. The number of rotatable bonds is 2. The largest absolute Gasteiger partial charge is 0.466 e. The minimum Gasteiger partial charge on any atom is -0.466 e. The first-order chi connectivity index (χ1) is 7.26. The van der Waals surface area contributed by atoms with Gasteiger partial charge in [-0.3, -0.25) is 4.79 Å². The first-order valence-corrected chi connectivity index (χ1v) is 5.77. The molecular formula is C11H19NO3. The summed E-state index contributed by atoms with van der Waals surface area (Å²) in [5.41, 5.74) is -0.0390. The second-order valence-corrected chi connectivity index (χ2v) is 4.40. The third-order valence-corrected chi connectivity index (χ3v) is 3.34. The second-order valence-electron chi connectivity index (χ2n) is 4.40. The molecule has 1 spiro atoms. The van der Waals surface area contributed by atoms with E-state index in [1.807, 2.05) is 6.92 Å². The molecule has 0 aromatic carbocycles. The van der Waals surface area contributed by atoms with Gasteiger partial charge in [0.2, 0.25) is 0 Å². The number of carbonyl (C=O) groups is 1. The Bertz CT molecular complexity index is 236. The van der Waals surface area contributed by atoms with Crippen LogP contribution in [0, 0.1) is 5.92 Å². The van der Waals surface area contributed by atoms with E-state index in [1.54, 1.807) is 0 Å². The van der Waals surface area contributed by atoms with Gasteiger partial charge in [-0.15, -0.1) is 0 Å². The fourth-order valence-electron chi connectivity index (χ4n) is 2.49. The number of carbonyl (C=O) groups excluding carboxylic acids is 1. The van der Waals surface area contributed by atoms with E-state index in [-0.39, 0.29) is 17.5 Å². The summed E-state index contributed by atoms with van der Waals surface area (Å²) >= 11 is 0. The minimum absolute atomic E-state index is 0.0388. The van der Waals surface area contributed by atoms with Crippen molar-refractivity contribution in [1.29, 1.82) is 0 Å². The highest BCUT2D eigenvalue weighted by Gasteiger charge is 2.44. The number of nitrogens with one attached hydrogen (secondary N) is 1. The fourth-order valence-corrected chi connectivity index (χ4v) is 2.49. The fraction of sp³-hybridized carbons (Fsp3) is 0.909. The highest BCUT2D eigenvalue weighted by Crippen LogP contribution is 2.37. The normalized spacial score (nSPS) is 29.3. The van der Waals surface area contributed by atoms with E-state index in [0.717, 1.165) is 32.4 Å². The van der Waals surface area contributed by atoms with Crippen molar-refractivity contribution in [3.8, 4) is 0 Å². The summed E-state index contributed by atoms with van der Waals surface area (Å²) in [5.74, 6) is -0.129. The standard InChI is InChI=1S/C11H19NO3/c1-2-14-10(13)9-7-11(15-8-9)3-5-12-6-4-11/h9,12H,2-8H2,1H3. The summed E-state index contributed by atoms with van der Waals surface area (Å²) in [4.78, 5) is 11.6. The SMILES string of the molecule is CCOC(=O)C1COC2(CCNCC2)C1. The second kappa shape index (κ2) is 4.49. The number of hydrogen-bond acceptors (Lipinski definition) is 4. The van der Waals surface area contributed by atoms with Crippen LogP contribution in [0.15, 0.2) is 0 Å². The lowest BCUT2D eigenvalue weighted by molar-refractivity contribution is -0.147. The Balaban J connectivity index is 1.90. The van der Waals surface area contributed by atoms with Gasteiger partial charge in [0.05, 0.1) is 24.7 Å². The molecular weight excluding hydrogens is 194 g/mol. The molecule has 2 aliphatic heterocycles. The smallest absolute Gasteiger partial charge is 0.311 e. The molecule has 15 heavy (non-hydrogen) atoms. The number of esters is 1. The van der Waals surface area contributed by atoms with E-state index in [0.29, 0.717) is 13.2 Å². The molecule has 0 amide bonds. The highest BCUT2D eigenvalue weighted by molar-refractivity contribution is 5.73. The molecule has 0 radical (unpaired) electrons. The van der Waals surface area contributed by atoms with Gasteiger partial charge in [0, 0.05) is 0 Å². The Labute approximate surface area is 90.3 Å². The number of piperidine rings is 1. The van der Waals surface area contributed by atoms with Gasteiger partial charge in [-0.05, 0) is 39.3 Å². The van der Waals surface area contributed by atoms with Crippen LogP contribution < -0.4 is 5.32 Å². The van der Waals surface area contributed by atoms with Gasteiger partial charge in [-0.2, -0.15) is 0 Å². The molecule has 4 heteroatoms. The lowest BCUT2D eigenvalue weighted by Crippen LogP contribution is -2.41. The molecule has 1 unspecified atom stereocenters. The van der Waals surface area contributed by atoms with Crippen molar-refractivity contribution in [1.82, 2.24) is 5.32 Å². The molecule has 0 bridgehead atoms. The number of hydrogen-bond donors (Lipinski definition) is 1. The van der Waals surface area contributed by atoms with Crippen LogP contribution in [0.3, 0.4) is 0 Å². The molecule has 2 saturated heterocycles. The predicted octanol–water partition coefficient (Wildman–Crippen LogP) is 0.708. The maximum atomic E-state index is 11.6. The van der Waals surface area contributed by atoms with E-state index in [4.69, 9.17) is 9.47 Å². The summed E-state index contributed by atoms with van der Waals surface area (Å²) in [5, 5.41) is 3.31. The Morgan fingerprint density at radius 2 is 2.27 bits per heavy atom. The minimum atomic E-state index is -0.0899. The summed E-state index contributed by atoms with van der Waals surface area (Å²) in [7, 11) is 0. The molecule has 2 fully saturated rings. The summed E-state index contributed by atoms with van der Waals surface area (Å²) in [6, 6.07) is 0. The average Bonchev–Trinajstić information content (AvgIpc) is 2.64. The van der Waals surface area contributed by atoms with Crippen LogP contribution >= 0.6 is 0 Å². The van der Waals surface area contributed by atoms with Crippen LogP contribution in [0.2, 0.25) is 0 Å². The highest BCUT2D eigenvalue weighted by atomic mass is 16.5. The van der Waals surface area contributed by atoms with Gasteiger partial charge in [0.1, 0.15) is 0 Å². The monoisotopic (exact) mass is 213 g/mol. The van der Waals surface area contributed by atoms with Gasteiger partial charge in [-0.25, -0.2) is 0 Å². The Morgan fingerprint density at radius 3 is 2.93 bits per heavy atom. The van der Waals surface area contributed by atoms with Crippen molar-refractivity contribution < 1.29 is 14.3 Å². The van der Waals surface area contributed by atoms with Gasteiger partial charge in [0.15, 0.2) is 0 Å². The maximum absolute atomic E-state index is 11.6. The summed E-state index contributed by atoms with van der Waals surface area (Å²) in [6.07, 6.45) is 2.87. The van der Waals surface area contributed by atoms with Crippen molar-refractivity contribution in [2.75, 3.05) is 26.3 Å². The molecule has 4 nitrogen and oxygen atoms in total. The van der Waals surface area contributed by atoms with E-state index in [9.17, 15) is 4.79 Å². The molecule has 86 valence electrons. The molecule has 0 saturated carbocycles. The zero-order valence-corrected chi connectivity index (χ0v) is 9.25. The van der Waals surface area contributed by atoms with Crippen LogP contribution in [0.1, 0.15) is 26.2 Å². The van der Waals surface area contributed by atoms with Crippen LogP contribution in [0.4, 0.5) is 0 Å². The van der Waals surface area contributed by atoms with Crippen LogP contribution in [0.5, 0.6) is 0 Å². The van der Waals surface area contributed by atoms with Gasteiger partial charge < -0.3 is 14.8 Å². The lowest BCUT2D eigenvalue weighted by atomic mass is 9.86. The van der Waals surface area contributed by atoms with Gasteiger partial charge in [0.25, 0.3) is 0 Å². The van der Waals surface area contributed by atoms with Crippen LogP contribution in [-0.2, 0) is 14.3 Å². The van der Waals surface area contributed by atoms with E-state index in [2.05, 4.69) is 5.32 Å². The third kappa shape index (κ3) is 2.32. The molecule has 2 rings (SSSR count). The lowest BCUT2D eigenvalue weighted by Gasteiger charge is -2.32. The van der Waals surface area contributed by atoms with E-state index in [1.165, 1.54) is 0 Å². The zero-order valence-electron chi connectivity index (χ0n) is 9.25. The summed E-state index contributed by atoms with van der Waals surface area (Å²) < 4.78 is 10.8. The third-order valence-electron chi connectivity index (χ3n) is 3.34. The first kappa shape index (κ1) is 10.9. The van der Waals surface area contributed by atoms with Crippen molar-refractivity contribution in [3.05, 3.63) is 0 Å². The van der Waals surface area contributed by atoms with Crippen molar-refractivity contribution in [2.24, 2.45) is 5.92 Å². The Kier molecular flexibility index (Phi) is 3.26. The molecule has 2 aliphatic rings. The Hall–Kier alpha value is -0.610. The maximum Gasteiger partial charge on any atom is 0.311 e. The van der Waals surface area contributed by atoms with Crippen molar-refractivity contribution >= 4 is 5.97 Å².